The van der Waals surface area contributed by atoms with Crippen molar-refractivity contribution in [2.45, 2.75) is 32.4 Å². The van der Waals surface area contributed by atoms with Crippen LogP contribution in [0.15, 0.2) is 49.1 Å². The molecule has 47 heavy (non-hydrogen) atoms. The summed E-state index contributed by atoms with van der Waals surface area (Å²) in [5.74, 6) is 3.48. The van der Waals surface area contributed by atoms with Crippen molar-refractivity contribution in [2.24, 2.45) is 0 Å². The zero-order chi connectivity index (χ0) is 33.2. The number of fused-ring (bicyclic) bond motifs is 6. The van der Waals surface area contributed by atoms with E-state index in [1.54, 1.807) is 59.6 Å². The Morgan fingerprint density at radius 2 is 1.15 bits per heavy atom. The summed E-state index contributed by atoms with van der Waals surface area (Å²) in [5, 5.41) is 0. The molecule has 236 valence electrons. The maximum absolute atomic E-state index is 13.0. The highest BCUT2D eigenvalue weighted by Crippen LogP contribution is 2.28. The van der Waals surface area contributed by atoms with Crippen LogP contribution in [0.5, 0.6) is 0 Å². The van der Waals surface area contributed by atoms with Gasteiger partial charge in [0.25, 0.3) is 11.8 Å². The van der Waals surface area contributed by atoms with Crippen LogP contribution in [0.1, 0.15) is 83.5 Å². The predicted octanol–water partition coefficient (Wildman–Crippen LogP) is 3.38. The van der Waals surface area contributed by atoms with Crippen LogP contribution >= 0.6 is 0 Å². The first kappa shape index (κ1) is 30.9. The fourth-order valence-electron chi connectivity index (χ4n) is 5.67. The molecule has 12 nitrogen and oxygen atoms in total. The number of esters is 2. The summed E-state index contributed by atoms with van der Waals surface area (Å²) >= 11 is 0. The number of unbranched alkanes of at least 4 members (excludes halogenated alkanes) is 2. The minimum absolute atomic E-state index is 0.137. The van der Waals surface area contributed by atoms with Crippen molar-refractivity contribution in [3.8, 4) is 36.1 Å². The second kappa shape index (κ2) is 12.7. The summed E-state index contributed by atoms with van der Waals surface area (Å²) < 4.78 is 14.4. The molecule has 0 radical (unpaired) electrons. The van der Waals surface area contributed by atoms with E-state index in [9.17, 15) is 19.2 Å². The second-order valence-corrected chi connectivity index (χ2v) is 11.2. The largest absolute Gasteiger partial charge is 0.461 e. The monoisotopic (exact) mass is 630 g/mol. The summed E-state index contributed by atoms with van der Waals surface area (Å²) in [6, 6.07) is 10.3. The van der Waals surface area contributed by atoms with E-state index in [-0.39, 0.29) is 49.5 Å². The number of benzene rings is 2. The molecule has 6 rings (SSSR count). The molecule has 0 saturated heterocycles. The lowest BCUT2D eigenvalue weighted by atomic mass is 10.1. The first-order valence-electron chi connectivity index (χ1n) is 14.9. The Bertz CT molecular complexity index is 1880. The number of amides is 2. The number of aromatic nitrogens is 4. The third-order valence-corrected chi connectivity index (χ3v) is 8.15. The van der Waals surface area contributed by atoms with Crippen LogP contribution < -0.4 is 0 Å². The molecule has 2 aromatic heterocycles. The Balaban J connectivity index is 1.01. The summed E-state index contributed by atoms with van der Waals surface area (Å²) in [6.07, 6.45) is 15.8. The minimum atomic E-state index is -0.587. The SMILES string of the molecule is C#Cc1ccc2c(c1)C(=O)N(C)Cc1c(C(=O)OCCCCCOC(=O)c3ncn4c3CN(C)C(=O)c3cc(C#C)ccc3-4)ncn1-2. The van der Waals surface area contributed by atoms with Gasteiger partial charge >= 0.3 is 11.9 Å². The third-order valence-electron chi connectivity index (χ3n) is 8.15. The van der Waals surface area contributed by atoms with Crippen LogP contribution in [0.4, 0.5) is 0 Å². The van der Waals surface area contributed by atoms with Crippen LogP contribution in [0.2, 0.25) is 0 Å². The molecule has 2 amide bonds. The van der Waals surface area contributed by atoms with Gasteiger partial charge in [0.15, 0.2) is 11.4 Å². The molecule has 0 saturated carbocycles. The smallest absolute Gasteiger partial charge is 0.358 e. The van der Waals surface area contributed by atoms with Gasteiger partial charge < -0.3 is 19.3 Å². The molecule has 0 fully saturated rings. The van der Waals surface area contributed by atoms with Crippen LogP contribution in [0, 0.1) is 24.7 Å². The molecule has 0 aliphatic carbocycles. The predicted molar refractivity (Wildman–Crippen MR) is 169 cm³/mol. The number of imidazole rings is 2. The van der Waals surface area contributed by atoms with E-state index >= 15 is 0 Å². The van der Waals surface area contributed by atoms with Gasteiger partial charge in [-0.2, -0.15) is 0 Å². The van der Waals surface area contributed by atoms with Gasteiger partial charge in [0.1, 0.15) is 12.7 Å². The maximum Gasteiger partial charge on any atom is 0.358 e. The summed E-state index contributed by atoms with van der Waals surface area (Å²) in [5.41, 5.74) is 4.54. The molecule has 0 unspecified atom stereocenters. The van der Waals surface area contributed by atoms with Crippen LogP contribution in [0.3, 0.4) is 0 Å². The molecule has 4 heterocycles. The van der Waals surface area contributed by atoms with Gasteiger partial charge in [-0.05, 0) is 55.7 Å². The van der Waals surface area contributed by atoms with E-state index in [1.807, 2.05) is 0 Å². The zero-order valence-electron chi connectivity index (χ0n) is 25.9. The molecule has 2 aromatic carbocycles. The van der Waals surface area contributed by atoms with Crippen LogP contribution in [0.25, 0.3) is 11.4 Å². The van der Waals surface area contributed by atoms with Crippen LogP contribution in [-0.4, -0.2) is 80.0 Å². The number of carbonyl (C=O) groups is 4. The highest BCUT2D eigenvalue weighted by molar-refractivity contribution is 6.00. The summed E-state index contributed by atoms with van der Waals surface area (Å²) in [4.78, 5) is 63.5. The number of rotatable bonds is 8. The summed E-state index contributed by atoms with van der Waals surface area (Å²) in [7, 11) is 3.30. The van der Waals surface area contributed by atoms with E-state index < -0.39 is 11.9 Å². The number of terminal acetylenes is 2. The Labute approximate surface area is 270 Å². The van der Waals surface area contributed by atoms with Crippen molar-refractivity contribution in [1.29, 1.82) is 0 Å². The first-order chi connectivity index (χ1) is 22.7. The number of carbonyl (C=O) groups excluding carboxylic acids is 4. The van der Waals surface area contributed by atoms with Gasteiger partial charge in [-0.25, -0.2) is 19.6 Å². The lowest BCUT2D eigenvalue weighted by molar-refractivity contribution is 0.0466. The maximum atomic E-state index is 13.0. The molecule has 2 aliphatic heterocycles. The molecule has 0 bridgehead atoms. The van der Waals surface area contributed by atoms with E-state index in [1.165, 1.54) is 22.5 Å². The lowest BCUT2D eigenvalue weighted by Gasteiger charge is -2.14. The van der Waals surface area contributed by atoms with Gasteiger partial charge in [-0.15, -0.1) is 12.8 Å². The molecule has 12 heteroatoms. The van der Waals surface area contributed by atoms with E-state index in [4.69, 9.17) is 22.3 Å². The molecular weight excluding hydrogens is 600 g/mol. The van der Waals surface area contributed by atoms with Crippen molar-refractivity contribution >= 4 is 23.8 Å². The summed E-state index contributed by atoms with van der Waals surface area (Å²) in [6.45, 7) is 0.623. The van der Waals surface area contributed by atoms with Crippen molar-refractivity contribution in [1.82, 2.24) is 28.9 Å². The molecular formula is C35H30N6O6. The van der Waals surface area contributed by atoms with Gasteiger partial charge in [-0.1, -0.05) is 11.8 Å². The number of hydrogen-bond donors (Lipinski definition) is 0. The van der Waals surface area contributed by atoms with E-state index in [2.05, 4.69) is 21.8 Å². The minimum Gasteiger partial charge on any atom is -0.461 e. The Morgan fingerprint density at radius 3 is 1.55 bits per heavy atom. The van der Waals surface area contributed by atoms with E-state index in [0.717, 1.165) is 0 Å². The quantitative estimate of drug-likeness (QED) is 0.165. The van der Waals surface area contributed by atoms with Gasteiger partial charge in [0.05, 0.1) is 60.2 Å². The van der Waals surface area contributed by atoms with Crippen molar-refractivity contribution in [3.63, 3.8) is 0 Å². The van der Waals surface area contributed by atoms with Crippen molar-refractivity contribution in [2.75, 3.05) is 27.3 Å². The van der Waals surface area contributed by atoms with E-state index in [0.29, 0.717) is 64.3 Å². The Kier molecular flexibility index (Phi) is 8.34. The fraction of sp³-hybridized carbons (Fsp3) is 0.257. The number of ether oxygens (including phenoxy) is 2. The standard InChI is InChI=1S/C35H30N6O6/c1-5-22-10-12-26-24(16-22)32(42)38(3)18-28-30(36-20-40(26)28)34(44)46-14-8-7-9-15-47-35(45)31-29-19-39(4)33(43)25-17-23(6-2)11-13-27(25)41(29)21-37-31/h1-2,10-13,16-17,20-21H,7-9,14-15,18-19H2,3-4H3. The van der Waals surface area contributed by atoms with Gasteiger partial charge in [0, 0.05) is 25.2 Å². The zero-order valence-corrected chi connectivity index (χ0v) is 25.9. The Morgan fingerprint density at radius 1 is 0.723 bits per heavy atom. The highest BCUT2D eigenvalue weighted by Gasteiger charge is 2.30. The molecule has 0 spiro atoms. The molecule has 0 atom stereocenters. The van der Waals surface area contributed by atoms with Crippen LogP contribution in [-0.2, 0) is 22.6 Å². The first-order valence-corrected chi connectivity index (χ1v) is 14.9. The van der Waals surface area contributed by atoms with Gasteiger partial charge in [-0.3, -0.25) is 18.7 Å². The topological polar surface area (TPSA) is 129 Å². The number of hydrogen-bond acceptors (Lipinski definition) is 8. The lowest BCUT2D eigenvalue weighted by Crippen LogP contribution is -2.26. The third kappa shape index (κ3) is 5.73. The molecule has 0 N–H and O–H groups in total. The van der Waals surface area contributed by atoms with Crippen molar-refractivity contribution < 1.29 is 28.7 Å². The Hall–Kier alpha value is -6.14. The highest BCUT2D eigenvalue weighted by atomic mass is 16.5. The average Bonchev–Trinajstić information content (AvgIpc) is 3.65. The fourth-order valence-corrected chi connectivity index (χ4v) is 5.67. The number of nitrogens with zero attached hydrogens (tertiary/aromatic N) is 6. The molecule has 2 aliphatic rings. The average molecular weight is 631 g/mol. The second-order valence-electron chi connectivity index (χ2n) is 11.2. The normalized spacial score (nSPS) is 13.3. The van der Waals surface area contributed by atoms with Crippen molar-refractivity contribution in [3.05, 3.63) is 94.1 Å². The van der Waals surface area contributed by atoms with Gasteiger partial charge in [0.2, 0.25) is 0 Å². The molecule has 4 aromatic rings.